The summed E-state index contributed by atoms with van der Waals surface area (Å²) in [7, 11) is 1.58. The van der Waals surface area contributed by atoms with E-state index >= 15 is 0 Å². The van der Waals surface area contributed by atoms with Gasteiger partial charge >= 0.3 is 0 Å². The summed E-state index contributed by atoms with van der Waals surface area (Å²) in [6.07, 6.45) is 3.51. The van der Waals surface area contributed by atoms with Crippen LogP contribution in [0.25, 0.3) is 0 Å². The van der Waals surface area contributed by atoms with Gasteiger partial charge in [0.05, 0.1) is 6.04 Å². The molecule has 22 heavy (non-hydrogen) atoms. The third-order valence-corrected chi connectivity index (χ3v) is 4.66. The minimum absolute atomic E-state index is 0.111. The highest BCUT2D eigenvalue weighted by Gasteiger charge is 2.42. The predicted octanol–water partition coefficient (Wildman–Crippen LogP) is -0.548. The largest absolute Gasteiger partial charge is 0.357 e. The zero-order valence-corrected chi connectivity index (χ0v) is 13.4. The number of likely N-dealkylation sites (tertiary alicyclic amines) is 2. The fraction of sp³-hybridized carbons (Fsp3) is 0.800. The molecule has 124 valence electrons. The number of nitrogens with one attached hydrogen (secondary N) is 1. The summed E-state index contributed by atoms with van der Waals surface area (Å²) in [5, 5.41) is 2.61. The highest BCUT2D eigenvalue weighted by atomic mass is 16.2. The van der Waals surface area contributed by atoms with Crippen LogP contribution >= 0.6 is 0 Å². The zero-order valence-electron chi connectivity index (χ0n) is 13.4. The van der Waals surface area contributed by atoms with E-state index in [4.69, 9.17) is 5.73 Å². The molecule has 0 aromatic carbocycles. The first-order valence-corrected chi connectivity index (χ1v) is 8.09. The van der Waals surface area contributed by atoms with Crippen molar-refractivity contribution in [2.24, 2.45) is 5.73 Å². The van der Waals surface area contributed by atoms with Gasteiger partial charge in [0, 0.05) is 20.1 Å². The minimum atomic E-state index is -0.554. The molecule has 0 aromatic rings. The van der Waals surface area contributed by atoms with Gasteiger partial charge in [0.25, 0.3) is 0 Å². The standard InChI is InChI=1S/C15H26N4O3/c1-3-10(16)14(21)19-9-5-7-12(19)15(22)18-8-4-6-11(18)13(20)17-2/h10-12H,3-9,16H2,1-2H3,(H,17,20)/t10-,11?,12?/m0/s1. The lowest BCUT2D eigenvalue weighted by molar-refractivity contribution is -0.147. The fourth-order valence-corrected chi connectivity index (χ4v) is 3.34. The van der Waals surface area contributed by atoms with Crippen LogP contribution in [-0.4, -0.2) is 65.8 Å². The molecule has 7 heteroatoms. The lowest BCUT2D eigenvalue weighted by Crippen LogP contribution is -2.54. The van der Waals surface area contributed by atoms with Crippen molar-refractivity contribution in [1.29, 1.82) is 0 Å². The highest BCUT2D eigenvalue weighted by Crippen LogP contribution is 2.25. The normalized spacial score (nSPS) is 26.1. The van der Waals surface area contributed by atoms with Crippen molar-refractivity contribution in [3.8, 4) is 0 Å². The Labute approximate surface area is 131 Å². The Hall–Kier alpha value is -1.63. The average molecular weight is 310 g/mol. The van der Waals surface area contributed by atoms with Crippen molar-refractivity contribution < 1.29 is 14.4 Å². The Balaban J connectivity index is 2.10. The molecule has 2 saturated heterocycles. The maximum absolute atomic E-state index is 12.8. The van der Waals surface area contributed by atoms with Crippen LogP contribution in [0.15, 0.2) is 0 Å². The molecular weight excluding hydrogens is 284 g/mol. The van der Waals surface area contributed by atoms with E-state index in [1.54, 1.807) is 16.8 Å². The monoisotopic (exact) mass is 310 g/mol. The molecule has 2 rings (SSSR count). The van der Waals surface area contributed by atoms with Crippen LogP contribution in [0.2, 0.25) is 0 Å². The van der Waals surface area contributed by atoms with Crippen LogP contribution in [0.1, 0.15) is 39.0 Å². The van der Waals surface area contributed by atoms with Gasteiger partial charge in [-0.15, -0.1) is 0 Å². The number of likely N-dealkylation sites (N-methyl/N-ethyl adjacent to an activating group) is 1. The van der Waals surface area contributed by atoms with E-state index < -0.39 is 18.1 Å². The summed E-state index contributed by atoms with van der Waals surface area (Å²) in [5.74, 6) is -0.402. The number of nitrogens with two attached hydrogens (primary N) is 1. The van der Waals surface area contributed by atoms with Gasteiger partial charge in [-0.1, -0.05) is 6.92 Å². The maximum Gasteiger partial charge on any atom is 0.246 e. The fourth-order valence-electron chi connectivity index (χ4n) is 3.34. The van der Waals surface area contributed by atoms with Gasteiger partial charge in [0.2, 0.25) is 17.7 Å². The summed E-state index contributed by atoms with van der Waals surface area (Å²) in [6.45, 7) is 3.01. The van der Waals surface area contributed by atoms with Crippen LogP contribution in [0.4, 0.5) is 0 Å². The second-order valence-corrected chi connectivity index (χ2v) is 6.01. The second kappa shape index (κ2) is 7.09. The quantitative estimate of drug-likeness (QED) is 0.728. The third kappa shape index (κ3) is 3.09. The van der Waals surface area contributed by atoms with E-state index in [0.29, 0.717) is 32.4 Å². The van der Waals surface area contributed by atoms with Gasteiger partial charge in [-0.25, -0.2) is 0 Å². The Morgan fingerprint density at radius 3 is 2.32 bits per heavy atom. The first-order chi connectivity index (χ1) is 10.5. The van der Waals surface area contributed by atoms with E-state index in [-0.39, 0.29) is 17.7 Å². The molecular formula is C15H26N4O3. The molecule has 2 unspecified atom stereocenters. The lowest BCUT2D eigenvalue weighted by atomic mass is 10.1. The van der Waals surface area contributed by atoms with E-state index in [0.717, 1.165) is 12.8 Å². The van der Waals surface area contributed by atoms with Gasteiger partial charge in [-0.05, 0) is 32.1 Å². The molecule has 3 N–H and O–H groups in total. The molecule has 0 bridgehead atoms. The van der Waals surface area contributed by atoms with Gasteiger partial charge in [0.1, 0.15) is 12.1 Å². The zero-order chi connectivity index (χ0) is 16.3. The summed E-state index contributed by atoms with van der Waals surface area (Å²) in [5.41, 5.74) is 5.83. The molecule has 0 saturated carbocycles. The molecule has 0 aromatic heterocycles. The predicted molar refractivity (Wildman–Crippen MR) is 81.8 cm³/mol. The summed E-state index contributed by atoms with van der Waals surface area (Å²) < 4.78 is 0. The number of carbonyl (C=O) groups is 3. The van der Waals surface area contributed by atoms with Gasteiger partial charge < -0.3 is 20.9 Å². The number of rotatable bonds is 4. The van der Waals surface area contributed by atoms with Crippen molar-refractivity contribution in [3.63, 3.8) is 0 Å². The summed E-state index contributed by atoms with van der Waals surface area (Å²) in [4.78, 5) is 40.3. The van der Waals surface area contributed by atoms with E-state index in [9.17, 15) is 14.4 Å². The van der Waals surface area contributed by atoms with Crippen molar-refractivity contribution >= 4 is 17.7 Å². The average Bonchev–Trinajstić information content (AvgIpc) is 3.20. The molecule has 0 aliphatic carbocycles. The molecule has 0 spiro atoms. The van der Waals surface area contributed by atoms with E-state index in [1.807, 2.05) is 6.92 Å². The van der Waals surface area contributed by atoms with Crippen molar-refractivity contribution in [1.82, 2.24) is 15.1 Å². The smallest absolute Gasteiger partial charge is 0.246 e. The summed E-state index contributed by atoms with van der Waals surface area (Å²) >= 11 is 0. The number of hydrogen-bond donors (Lipinski definition) is 2. The Kier molecular flexibility index (Phi) is 5.39. The second-order valence-electron chi connectivity index (χ2n) is 6.01. The molecule has 2 heterocycles. The Morgan fingerprint density at radius 2 is 1.73 bits per heavy atom. The van der Waals surface area contributed by atoms with E-state index in [2.05, 4.69) is 5.32 Å². The Bertz CT molecular complexity index is 454. The minimum Gasteiger partial charge on any atom is -0.357 e. The van der Waals surface area contributed by atoms with Gasteiger partial charge in [0.15, 0.2) is 0 Å². The number of amides is 3. The number of nitrogens with zero attached hydrogens (tertiary/aromatic N) is 2. The first kappa shape index (κ1) is 16.7. The maximum atomic E-state index is 12.8. The lowest BCUT2D eigenvalue weighted by Gasteiger charge is -2.31. The Morgan fingerprint density at radius 1 is 1.14 bits per heavy atom. The van der Waals surface area contributed by atoms with Crippen LogP contribution in [-0.2, 0) is 14.4 Å². The van der Waals surface area contributed by atoms with Crippen molar-refractivity contribution in [3.05, 3.63) is 0 Å². The molecule has 2 fully saturated rings. The molecule has 2 aliphatic heterocycles. The van der Waals surface area contributed by atoms with Crippen LogP contribution in [0.5, 0.6) is 0 Å². The molecule has 3 amide bonds. The summed E-state index contributed by atoms with van der Waals surface area (Å²) in [6, 6.07) is -1.42. The third-order valence-electron chi connectivity index (χ3n) is 4.66. The molecule has 7 nitrogen and oxygen atoms in total. The van der Waals surface area contributed by atoms with Crippen LogP contribution in [0, 0.1) is 0 Å². The van der Waals surface area contributed by atoms with Crippen molar-refractivity contribution in [2.75, 3.05) is 20.1 Å². The van der Waals surface area contributed by atoms with Crippen LogP contribution < -0.4 is 11.1 Å². The van der Waals surface area contributed by atoms with E-state index in [1.165, 1.54) is 0 Å². The molecule has 0 radical (unpaired) electrons. The van der Waals surface area contributed by atoms with Crippen LogP contribution in [0.3, 0.4) is 0 Å². The highest BCUT2D eigenvalue weighted by molar-refractivity contribution is 5.93. The SMILES string of the molecule is CC[C@H](N)C(=O)N1CCCC1C(=O)N1CCCC1C(=O)NC. The number of carbonyl (C=O) groups excluding carboxylic acids is 3. The van der Waals surface area contributed by atoms with Gasteiger partial charge in [-0.3, -0.25) is 14.4 Å². The van der Waals surface area contributed by atoms with Gasteiger partial charge in [-0.2, -0.15) is 0 Å². The molecule has 3 atom stereocenters. The molecule has 2 aliphatic rings. The van der Waals surface area contributed by atoms with Crippen molar-refractivity contribution in [2.45, 2.75) is 57.2 Å². The first-order valence-electron chi connectivity index (χ1n) is 8.09. The topological polar surface area (TPSA) is 95.7 Å². The number of hydrogen-bond acceptors (Lipinski definition) is 4.